The van der Waals surface area contributed by atoms with Crippen molar-refractivity contribution in [1.82, 2.24) is 25.7 Å². The number of likely N-dealkylation sites (tertiary alicyclic amines) is 1. The van der Waals surface area contributed by atoms with Gasteiger partial charge in [0.25, 0.3) is 5.91 Å². The fourth-order valence-corrected chi connectivity index (χ4v) is 4.44. The number of nitrogens with zero attached hydrogens (tertiary/aromatic N) is 4. The van der Waals surface area contributed by atoms with Gasteiger partial charge in [-0.2, -0.15) is 0 Å². The maximum absolute atomic E-state index is 12.6. The molecule has 2 aromatic rings. The van der Waals surface area contributed by atoms with Crippen LogP contribution >= 0.6 is 0 Å². The Hall–Kier alpha value is -3.20. The number of carbonyl (C=O) groups is 2. The van der Waals surface area contributed by atoms with Crippen molar-refractivity contribution in [2.75, 3.05) is 36.4 Å². The minimum absolute atomic E-state index is 0.173. The average molecular weight is 450 g/mol. The molecule has 1 saturated carbocycles. The number of hydrazine groups is 1. The molecule has 0 atom stereocenters. The third-order valence-electron chi connectivity index (χ3n) is 6.63. The minimum Gasteiger partial charge on any atom is -0.371 e. The van der Waals surface area contributed by atoms with Gasteiger partial charge in [-0.15, -0.1) is 0 Å². The van der Waals surface area contributed by atoms with Crippen LogP contribution in [0.5, 0.6) is 0 Å². The van der Waals surface area contributed by atoms with Crippen molar-refractivity contribution in [3.8, 4) is 0 Å². The number of piperidine rings is 1. The first-order chi connectivity index (χ1) is 16.2. The molecule has 33 heavy (non-hydrogen) atoms. The highest BCUT2D eigenvalue weighted by Gasteiger charge is 2.29. The molecule has 0 radical (unpaired) electrons. The van der Waals surface area contributed by atoms with Crippen molar-refractivity contribution in [2.45, 2.75) is 44.6 Å². The molecule has 0 unspecified atom stereocenters. The van der Waals surface area contributed by atoms with Crippen LogP contribution < -0.4 is 21.1 Å². The molecule has 2 saturated heterocycles. The molecule has 2 amide bonds. The Morgan fingerprint density at radius 1 is 0.879 bits per heavy atom. The average Bonchev–Trinajstić information content (AvgIpc) is 3.53. The molecule has 1 aromatic carbocycles. The number of anilines is 3. The summed E-state index contributed by atoms with van der Waals surface area (Å²) in [4.78, 5) is 37.6. The largest absolute Gasteiger partial charge is 0.371 e. The monoisotopic (exact) mass is 449 g/mol. The van der Waals surface area contributed by atoms with Crippen LogP contribution in [0.25, 0.3) is 0 Å². The van der Waals surface area contributed by atoms with Crippen molar-refractivity contribution in [1.29, 1.82) is 0 Å². The Morgan fingerprint density at radius 2 is 1.55 bits per heavy atom. The van der Waals surface area contributed by atoms with Gasteiger partial charge in [0.2, 0.25) is 11.9 Å². The Kier molecular flexibility index (Phi) is 6.39. The summed E-state index contributed by atoms with van der Waals surface area (Å²) in [6.07, 6.45) is 9.34. The van der Waals surface area contributed by atoms with Gasteiger partial charge in [-0.25, -0.2) is 15.4 Å². The van der Waals surface area contributed by atoms with Gasteiger partial charge in [-0.1, -0.05) is 0 Å². The molecule has 3 N–H and O–H groups in total. The summed E-state index contributed by atoms with van der Waals surface area (Å²) in [5.41, 5.74) is 8.09. The number of carbonyl (C=O) groups excluding carboxylic acids is 2. The molecule has 0 bridgehead atoms. The molecular weight excluding hydrogens is 418 g/mol. The second-order valence-corrected chi connectivity index (χ2v) is 9.13. The zero-order valence-corrected chi connectivity index (χ0v) is 18.8. The highest BCUT2D eigenvalue weighted by molar-refractivity contribution is 5.93. The van der Waals surface area contributed by atoms with Crippen molar-refractivity contribution < 1.29 is 9.59 Å². The number of hydrogen-bond acceptors (Lipinski definition) is 7. The number of nitrogens with one attached hydrogen (secondary N) is 3. The molecule has 1 aliphatic carbocycles. The topological polar surface area (TPSA) is 102 Å². The van der Waals surface area contributed by atoms with Crippen LogP contribution in [0.15, 0.2) is 36.7 Å². The molecule has 3 aliphatic rings. The quantitative estimate of drug-likeness (QED) is 0.558. The van der Waals surface area contributed by atoms with E-state index in [0.717, 1.165) is 76.1 Å². The van der Waals surface area contributed by atoms with E-state index in [4.69, 9.17) is 0 Å². The predicted molar refractivity (Wildman–Crippen MR) is 126 cm³/mol. The van der Waals surface area contributed by atoms with Crippen molar-refractivity contribution in [2.24, 2.45) is 5.92 Å². The SMILES string of the molecule is O=C(NNC1CC1)c1cnc(Nc2ccc(N3CCC(C(=O)N4CCCC4)CC3)cc2)nc1. The summed E-state index contributed by atoms with van der Waals surface area (Å²) < 4.78 is 0. The summed E-state index contributed by atoms with van der Waals surface area (Å²) in [5, 5.41) is 3.18. The van der Waals surface area contributed by atoms with E-state index in [9.17, 15) is 9.59 Å². The zero-order chi connectivity index (χ0) is 22.6. The minimum atomic E-state index is -0.233. The lowest BCUT2D eigenvalue weighted by Gasteiger charge is -2.34. The number of hydrogen-bond donors (Lipinski definition) is 3. The Morgan fingerprint density at radius 3 is 2.18 bits per heavy atom. The number of amides is 2. The van der Waals surface area contributed by atoms with Crippen LogP contribution in [0.4, 0.5) is 17.3 Å². The van der Waals surface area contributed by atoms with E-state index in [2.05, 4.69) is 43.2 Å². The van der Waals surface area contributed by atoms with E-state index in [0.29, 0.717) is 23.5 Å². The molecule has 174 valence electrons. The van der Waals surface area contributed by atoms with Crippen molar-refractivity contribution in [3.05, 3.63) is 42.2 Å². The lowest BCUT2D eigenvalue weighted by molar-refractivity contribution is -0.135. The predicted octanol–water partition coefficient (Wildman–Crippen LogP) is 2.46. The Labute approximate surface area is 193 Å². The normalized spacial score (nSPS) is 18.9. The maximum Gasteiger partial charge on any atom is 0.268 e. The summed E-state index contributed by atoms with van der Waals surface area (Å²) in [6, 6.07) is 8.55. The standard InChI is InChI=1S/C24H31N7O2/c32-22(29-28-20-3-4-20)18-15-25-24(26-16-18)27-19-5-7-21(8-6-19)30-13-9-17(10-14-30)23(33)31-11-1-2-12-31/h5-8,15-17,20,28H,1-4,9-14H2,(H,29,32)(H,25,26,27). The summed E-state index contributed by atoms with van der Waals surface area (Å²) in [7, 11) is 0. The number of rotatable bonds is 7. The molecule has 1 aromatic heterocycles. The number of aromatic nitrogens is 2. The first kappa shape index (κ1) is 21.6. The van der Waals surface area contributed by atoms with Gasteiger partial charge in [0.05, 0.1) is 5.56 Å². The molecule has 9 nitrogen and oxygen atoms in total. The van der Waals surface area contributed by atoms with Crippen molar-refractivity contribution in [3.63, 3.8) is 0 Å². The van der Waals surface area contributed by atoms with Gasteiger partial charge in [0.15, 0.2) is 0 Å². The third-order valence-corrected chi connectivity index (χ3v) is 6.63. The third kappa shape index (κ3) is 5.42. The van der Waals surface area contributed by atoms with E-state index in [1.54, 1.807) is 0 Å². The Bertz CT molecular complexity index is 961. The maximum atomic E-state index is 12.6. The molecular formula is C24H31N7O2. The zero-order valence-electron chi connectivity index (χ0n) is 18.8. The van der Waals surface area contributed by atoms with Crippen molar-refractivity contribution >= 4 is 29.1 Å². The fraction of sp³-hybridized carbons (Fsp3) is 0.500. The molecule has 0 spiro atoms. The van der Waals surface area contributed by atoms with E-state index < -0.39 is 0 Å². The van der Waals surface area contributed by atoms with Crippen LogP contribution in [0, 0.1) is 5.92 Å². The lowest BCUT2D eigenvalue weighted by atomic mass is 9.95. The molecule has 2 aliphatic heterocycles. The molecule has 3 heterocycles. The van der Waals surface area contributed by atoms with E-state index in [-0.39, 0.29) is 11.8 Å². The molecule has 5 rings (SSSR count). The van der Waals surface area contributed by atoms with Crippen LogP contribution in [0.2, 0.25) is 0 Å². The fourth-order valence-electron chi connectivity index (χ4n) is 4.44. The van der Waals surface area contributed by atoms with Crippen LogP contribution in [-0.4, -0.2) is 58.9 Å². The van der Waals surface area contributed by atoms with Gasteiger partial charge in [-0.05, 0) is 62.8 Å². The van der Waals surface area contributed by atoms with E-state index >= 15 is 0 Å². The summed E-state index contributed by atoms with van der Waals surface area (Å²) in [6.45, 7) is 3.67. The molecule has 3 fully saturated rings. The second kappa shape index (κ2) is 9.74. The number of benzene rings is 1. The van der Waals surface area contributed by atoms with Gasteiger partial charge >= 0.3 is 0 Å². The highest BCUT2D eigenvalue weighted by atomic mass is 16.2. The smallest absolute Gasteiger partial charge is 0.268 e. The summed E-state index contributed by atoms with van der Waals surface area (Å²) in [5.74, 6) is 0.737. The Balaban J connectivity index is 1.11. The summed E-state index contributed by atoms with van der Waals surface area (Å²) >= 11 is 0. The van der Waals surface area contributed by atoms with Crippen LogP contribution in [0.3, 0.4) is 0 Å². The van der Waals surface area contributed by atoms with Crippen LogP contribution in [-0.2, 0) is 4.79 Å². The van der Waals surface area contributed by atoms with Crippen LogP contribution in [0.1, 0.15) is 48.9 Å². The van der Waals surface area contributed by atoms with Gasteiger partial charge in [0, 0.05) is 61.9 Å². The van der Waals surface area contributed by atoms with E-state index in [1.165, 1.54) is 12.4 Å². The van der Waals surface area contributed by atoms with E-state index in [1.807, 2.05) is 17.0 Å². The highest BCUT2D eigenvalue weighted by Crippen LogP contribution is 2.27. The molecule has 9 heteroatoms. The first-order valence-corrected chi connectivity index (χ1v) is 11.9. The first-order valence-electron chi connectivity index (χ1n) is 11.9. The second-order valence-electron chi connectivity index (χ2n) is 9.13. The van der Waals surface area contributed by atoms with Gasteiger partial charge in [0.1, 0.15) is 0 Å². The lowest BCUT2D eigenvalue weighted by Crippen LogP contribution is -2.41. The van der Waals surface area contributed by atoms with Gasteiger partial charge in [-0.3, -0.25) is 15.0 Å². The van der Waals surface area contributed by atoms with Gasteiger partial charge < -0.3 is 15.1 Å².